The number of thiazole rings is 1. The highest BCUT2D eigenvalue weighted by Crippen LogP contribution is 2.34. The first-order valence-electron chi connectivity index (χ1n) is 10.9. The minimum atomic E-state index is -0.365. The molecule has 0 fully saturated rings. The lowest BCUT2D eigenvalue weighted by Crippen LogP contribution is -2.24. The van der Waals surface area contributed by atoms with Crippen molar-refractivity contribution in [3.8, 4) is 10.4 Å². The standard InChI is InChI=1S/C22H31N5O2S/c1-2-23-22-26-19(21(30-22)17-11-13-18(14-12-17)27(28)29)9-5-3-7-15-24-20-10-6-4-8-16-25-20/h11-14H,2-10,15-16H2,1H3,(H,23,26)(H,24,25). The fraction of sp³-hybridized carbons (Fsp3) is 0.545. The maximum Gasteiger partial charge on any atom is 0.269 e. The lowest BCUT2D eigenvalue weighted by molar-refractivity contribution is -0.384. The van der Waals surface area contributed by atoms with Crippen LogP contribution in [0.5, 0.6) is 0 Å². The van der Waals surface area contributed by atoms with Crippen molar-refractivity contribution < 1.29 is 4.92 Å². The number of non-ortho nitro benzene ring substituents is 1. The minimum absolute atomic E-state index is 0.113. The summed E-state index contributed by atoms with van der Waals surface area (Å²) in [5, 5.41) is 18.6. The summed E-state index contributed by atoms with van der Waals surface area (Å²) < 4.78 is 0. The number of nitro groups is 1. The monoisotopic (exact) mass is 429 g/mol. The number of aromatic nitrogens is 1. The molecule has 0 unspecified atom stereocenters. The largest absolute Gasteiger partial charge is 0.374 e. The molecule has 0 aliphatic carbocycles. The topological polar surface area (TPSA) is 92.5 Å². The van der Waals surface area contributed by atoms with E-state index in [1.54, 1.807) is 23.5 Å². The summed E-state index contributed by atoms with van der Waals surface area (Å²) in [7, 11) is 0. The molecule has 2 heterocycles. The highest BCUT2D eigenvalue weighted by atomic mass is 32.1. The van der Waals surface area contributed by atoms with E-state index in [2.05, 4.69) is 22.5 Å². The Morgan fingerprint density at radius 2 is 1.93 bits per heavy atom. The van der Waals surface area contributed by atoms with Gasteiger partial charge in [-0.15, -0.1) is 0 Å². The van der Waals surface area contributed by atoms with Crippen LogP contribution in [-0.2, 0) is 6.42 Å². The second-order valence-electron chi connectivity index (χ2n) is 7.51. The maximum atomic E-state index is 10.9. The van der Waals surface area contributed by atoms with Crippen LogP contribution in [0.1, 0.15) is 57.6 Å². The summed E-state index contributed by atoms with van der Waals surface area (Å²) in [6.07, 6.45) is 9.07. The number of nitro benzene ring substituents is 1. The fourth-order valence-corrected chi connectivity index (χ4v) is 4.64. The highest BCUT2D eigenvalue weighted by Gasteiger charge is 2.14. The molecule has 1 aliphatic heterocycles. The van der Waals surface area contributed by atoms with E-state index in [0.29, 0.717) is 0 Å². The summed E-state index contributed by atoms with van der Waals surface area (Å²) in [6, 6.07) is 6.77. The maximum absolute atomic E-state index is 10.9. The van der Waals surface area contributed by atoms with Gasteiger partial charge < -0.3 is 10.6 Å². The number of unbranched alkanes of at least 4 members (excludes halogenated alkanes) is 2. The van der Waals surface area contributed by atoms with Gasteiger partial charge in [0.25, 0.3) is 5.69 Å². The number of benzene rings is 1. The van der Waals surface area contributed by atoms with Gasteiger partial charge in [-0.3, -0.25) is 15.1 Å². The SMILES string of the molecule is CCNc1nc(CCCCCNC2=NCCCCC2)c(-c2ccc([N+](=O)[O-])cc2)s1. The van der Waals surface area contributed by atoms with Crippen molar-refractivity contribution in [3.63, 3.8) is 0 Å². The lowest BCUT2D eigenvalue weighted by Gasteiger charge is -2.08. The molecule has 162 valence electrons. The van der Waals surface area contributed by atoms with Crippen LogP contribution in [0.25, 0.3) is 10.4 Å². The van der Waals surface area contributed by atoms with E-state index >= 15 is 0 Å². The third-order valence-electron chi connectivity index (χ3n) is 5.16. The van der Waals surface area contributed by atoms with E-state index < -0.39 is 0 Å². The van der Waals surface area contributed by atoms with E-state index in [0.717, 1.165) is 73.0 Å². The van der Waals surface area contributed by atoms with Gasteiger partial charge in [0, 0.05) is 38.2 Å². The number of aliphatic imine (C=N–C) groups is 1. The zero-order valence-corrected chi connectivity index (χ0v) is 18.5. The van der Waals surface area contributed by atoms with Crippen LogP contribution >= 0.6 is 11.3 Å². The number of rotatable bonds is 10. The minimum Gasteiger partial charge on any atom is -0.374 e. The molecule has 0 atom stereocenters. The third-order valence-corrected chi connectivity index (χ3v) is 6.26. The summed E-state index contributed by atoms with van der Waals surface area (Å²) in [4.78, 5) is 21.1. The van der Waals surface area contributed by atoms with Crippen molar-refractivity contribution in [3.05, 3.63) is 40.1 Å². The molecule has 1 aromatic heterocycles. The van der Waals surface area contributed by atoms with Gasteiger partial charge in [0.05, 0.1) is 21.3 Å². The normalized spacial score (nSPS) is 14.1. The van der Waals surface area contributed by atoms with E-state index in [1.165, 1.54) is 25.1 Å². The zero-order valence-electron chi connectivity index (χ0n) is 17.7. The first kappa shape index (κ1) is 22.2. The van der Waals surface area contributed by atoms with Crippen molar-refractivity contribution in [1.82, 2.24) is 10.3 Å². The second-order valence-corrected chi connectivity index (χ2v) is 8.50. The number of amidine groups is 1. The van der Waals surface area contributed by atoms with E-state index in [-0.39, 0.29) is 10.6 Å². The van der Waals surface area contributed by atoms with Gasteiger partial charge in [-0.2, -0.15) is 0 Å². The van der Waals surface area contributed by atoms with Crippen LogP contribution in [0.15, 0.2) is 29.3 Å². The molecule has 7 nitrogen and oxygen atoms in total. The molecule has 30 heavy (non-hydrogen) atoms. The number of aryl methyl sites for hydroxylation is 1. The molecule has 2 aromatic rings. The number of nitrogens with one attached hydrogen (secondary N) is 2. The van der Waals surface area contributed by atoms with E-state index in [1.807, 2.05) is 12.1 Å². The molecule has 1 aliphatic rings. The molecule has 3 rings (SSSR count). The molecule has 1 aromatic carbocycles. The summed E-state index contributed by atoms with van der Waals surface area (Å²) >= 11 is 1.62. The van der Waals surface area contributed by atoms with Crippen molar-refractivity contribution in [2.45, 2.75) is 58.3 Å². The molecule has 0 radical (unpaired) electrons. The lowest BCUT2D eigenvalue weighted by atomic mass is 10.1. The summed E-state index contributed by atoms with van der Waals surface area (Å²) in [5.74, 6) is 1.18. The quantitative estimate of drug-likeness (QED) is 0.299. The summed E-state index contributed by atoms with van der Waals surface area (Å²) in [6.45, 7) is 4.82. The smallest absolute Gasteiger partial charge is 0.269 e. The molecular weight excluding hydrogens is 398 g/mol. The van der Waals surface area contributed by atoms with Gasteiger partial charge in [-0.05, 0) is 56.7 Å². The van der Waals surface area contributed by atoms with Crippen molar-refractivity contribution >= 4 is 28.0 Å². The Balaban J connectivity index is 1.53. The molecule has 0 saturated heterocycles. The van der Waals surface area contributed by atoms with E-state index in [9.17, 15) is 10.1 Å². The Bertz CT molecular complexity index is 848. The predicted octanol–water partition coefficient (Wildman–Crippen LogP) is 5.43. The average molecular weight is 430 g/mol. The Hall–Kier alpha value is -2.48. The molecule has 0 spiro atoms. The van der Waals surface area contributed by atoms with Gasteiger partial charge in [-0.1, -0.05) is 24.2 Å². The number of hydrogen-bond donors (Lipinski definition) is 2. The highest BCUT2D eigenvalue weighted by molar-refractivity contribution is 7.19. The molecule has 8 heteroatoms. The first-order valence-corrected chi connectivity index (χ1v) is 11.7. The Morgan fingerprint density at radius 1 is 1.10 bits per heavy atom. The average Bonchev–Trinajstić information content (AvgIpc) is 2.96. The molecule has 0 saturated carbocycles. The fourth-order valence-electron chi connectivity index (χ4n) is 3.55. The molecule has 2 N–H and O–H groups in total. The number of nitrogens with zero attached hydrogens (tertiary/aromatic N) is 3. The third kappa shape index (κ3) is 6.52. The first-order chi connectivity index (χ1) is 14.7. The molecular formula is C22H31N5O2S. The van der Waals surface area contributed by atoms with Gasteiger partial charge >= 0.3 is 0 Å². The van der Waals surface area contributed by atoms with Crippen molar-refractivity contribution in [2.75, 3.05) is 25.0 Å². The van der Waals surface area contributed by atoms with Gasteiger partial charge in [0.2, 0.25) is 0 Å². The van der Waals surface area contributed by atoms with Gasteiger partial charge in [0.1, 0.15) is 0 Å². The van der Waals surface area contributed by atoms with Crippen LogP contribution in [0.2, 0.25) is 0 Å². The summed E-state index contributed by atoms with van der Waals surface area (Å²) in [5.41, 5.74) is 2.18. The van der Waals surface area contributed by atoms with E-state index in [4.69, 9.17) is 4.98 Å². The Kier molecular flexibility index (Phi) is 8.62. The van der Waals surface area contributed by atoms with Gasteiger partial charge in [-0.25, -0.2) is 4.98 Å². The van der Waals surface area contributed by atoms with Crippen LogP contribution in [0, 0.1) is 10.1 Å². The second kappa shape index (κ2) is 11.6. The van der Waals surface area contributed by atoms with Crippen LogP contribution in [0.4, 0.5) is 10.8 Å². The molecule has 0 bridgehead atoms. The number of anilines is 1. The van der Waals surface area contributed by atoms with Crippen LogP contribution in [0.3, 0.4) is 0 Å². The molecule has 0 amide bonds. The van der Waals surface area contributed by atoms with Crippen molar-refractivity contribution in [1.29, 1.82) is 0 Å². The Morgan fingerprint density at radius 3 is 2.70 bits per heavy atom. The zero-order chi connectivity index (χ0) is 21.2. The predicted molar refractivity (Wildman–Crippen MR) is 125 cm³/mol. The van der Waals surface area contributed by atoms with Crippen LogP contribution < -0.4 is 10.6 Å². The Labute approximate surface area is 182 Å². The number of hydrogen-bond acceptors (Lipinski definition) is 7. The van der Waals surface area contributed by atoms with Gasteiger partial charge in [0.15, 0.2) is 5.13 Å². The van der Waals surface area contributed by atoms with Crippen molar-refractivity contribution in [2.24, 2.45) is 4.99 Å². The van der Waals surface area contributed by atoms with Crippen LogP contribution in [-0.4, -0.2) is 35.4 Å².